The van der Waals surface area contributed by atoms with Crippen LogP contribution in [0.15, 0.2) is 0 Å². The van der Waals surface area contributed by atoms with Crippen molar-refractivity contribution >= 4 is 5.91 Å². The van der Waals surface area contributed by atoms with Crippen molar-refractivity contribution in [2.75, 3.05) is 39.4 Å². The molecule has 2 heterocycles. The van der Waals surface area contributed by atoms with E-state index in [-0.39, 0.29) is 5.92 Å². The Morgan fingerprint density at radius 3 is 2.24 bits per heavy atom. The number of piperidine rings is 1. The number of carbonyl (C=O) groups excluding carboxylic acids is 1. The smallest absolute Gasteiger partial charge is 0.225 e. The van der Waals surface area contributed by atoms with Crippen molar-refractivity contribution in [3.05, 3.63) is 0 Å². The molecule has 0 radical (unpaired) electrons. The summed E-state index contributed by atoms with van der Waals surface area (Å²) in [6.45, 7) is 9.56. The largest absolute Gasteiger partial charge is 0.378 e. The van der Waals surface area contributed by atoms with Gasteiger partial charge in [0.25, 0.3) is 0 Å². The number of nitrogens with zero attached hydrogens (tertiary/aromatic N) is 2. The minimum absolute atomic E-state index is 0.253. The monoisotopic (exact) mass is 240 g/mol. The van der Waals surface area contributed by atoms with Crippen molar-refractivity contribution in [3.63, 3.8) is 0 Å². The first-order valence-corrected chi connectivity index (χ1v) is 6.79. The third-order valence-corrected chi connectivity index (χ3v) is 3.93. The van der Waals surface area contributed by atoms with E-state index in [1.54, 1.807) is 0 Å². The number of morpholine rings is 1. The van der Waals surface area contributed by atoms with Crippen molar-refractivity contribution in [2.24, 2.45) is 5.92 Å². The van der Waals surface area contributed by atoms with Crippen molar-refractivity contribution < 1.29 is 9.53 Å². The first kappa shape index (κ1) is 12.8. The Labute approximate surface area is 104 Å². The third kappa shape index (κ3) is 3.19. The Balaban J connectivity index is 1.81. The number of likely N-dealkylation sites (tertiary alicyclic amines) is 1. The first-order chi connectivity index (χ1) is 8.18. The summed E-state index contributed by atoms with van der Waals surface area (Å²) in [6, 6.07) is 0.606. The molecule has 2 fully saturated rings. The summed E-state index contributed by atoms with van der Waals surface area (Å²) in [4.78, 5) is 16.7. The van der Waals surface area contributed by atoms with E-state index in [0.717, 1.165) is 39.0 Å². The summed E-state index contributed by atoms with van der Waals surface area (Å²) >= 11 is 0. The van der Waals surface area contributed by atoms with E-state index in [1.165, 1.54) is 0 Å². The number of hydrogen-bond acceptors (Lipinski definition) is 3. The van der Waals surface area contributed by atoms with Gasteiger partial charge in [-0.25, -0.2) is 0 Å². The third-order valence-electron chi connectivity index (χ3n) is 3.93. The number of ether oxygens (including phenoxy) is 1. The van der Waals surface area contributed by atoms with E-state index < -0.39 is 0 Å². The fraction of sp³-hybridized carbons (Fsp3) is 0.923. The van der Waals surface area contributed by atoms with Gasteiger partial charge < -0.3 is 14.5 Å². The highest BCUT2D eigenvalue weighted by Gasteiger charge is 2.29. The van der Waals surface area contributed by atoms with Crippen LogP contribution >= 0.6 is 0 Å². The molecule has 2 aliphatic heterocycles. The lowest BCUT2D eigenvalue weighted by Gasteiger charge is -2.37. The molecule has 0 spiro atoms. The molecule has 1 amide bonds. The van der Waals surface area contributed by atoms with Crippen molar-refractivity contribution in [2.45, 2.75) is 32.7 Å². The van der Waals surface area contributed by atoms with Gasteiger partial charge in [0, 0.05) is 25.0 Å². The zero-order valence-corrected chi connectivity index (χ0v) is 11.0. The summed E-state index contributed by atoms with van der Waals surface area (Å²) in [5.41, 5.74) is 0. The second-order valence-electron chi connectivity index (χ2n) is 5.34. The van der Waals surface area contributed by atoms with E-state index in [1.807, 2.05) is 4.90 Å². The van der Waals surface area contributed by atoms with Crippen LogP contribution in [0, 0.1) is 5.92 Å². The Hall–Kier alpha value is -0.610. The molecule has 0 aliphatic carbocycles. The van der Waals surface area contributed by atoms with Gasteiger partial charge in [-0.05, 0) is 39.8 Å². The molecule has 0 saturated carbocycles. The van der Waals surface area contributed by atoms with E-state index in [4.69, 9.17) is 4.74 Å². The van der Waals surface area contributed by atoms with Gasteiger partial charge >= 0.3 is 0 Å². The Morgan fingerprint density at radius 2 is 1.71 bits per heavy atom. The quantitative estimate of drug-likeness (QED) is 0.721. The van der Waals surface area contributed by atoms with Crippen LogP contribution in [0.3, 0.4) is 0 Å². The fourth-order valence-electron chi connectivity index (χ4n) is 2.70. The SMILES string of the molecule is CC(C)N1CCC(C(=O)N2CCOCC2)CC1. The minimum atomic E-state index is 0.253. The van der Waals surface area contributed by atoms with Crippen LogP contribution in [-0.2, 0) is 9.53 Å². The summed E-state index contributed by atoms with van der Waals surface area (Å²) in [5, 5.41) is 0. The molecule has 0 atom stereocenters. The van der Waals surface area contributed by atoms with Gasteiger partial charge in [0.2, 0.25) is 5.91 Å². The summed E-state index contributed by atoms with van der Waals surface area (Å²) in [6.07, 6.45) is 2.04. The summed E-state index contributed by atoms with van der Waals surface area (Å²) < 4.78 is 5.28. The van der Waals surface area contributed by atoms with Crippen LogP contribution in [-0.4, -0.2) is 61.1 Å². The molecule has 0 bridgehead atoms. The number of carbonyl (C=O) groups is 1. The van der Waals surface area contributed by atoms with Crippen molar-refractivity contribution in [1.82, 2.24) is 9.80 Å². The molecular weight excluding hydrogens is 216 g/mol. The average Bonchev–Trinajstić information content (AvgIpc) is 2.39. The molecule has 4 nitrogen and oxygen atoms in total. The highest BCUT2D eigenvalue weighted by atomic mass is 16.5. The highest BCUT2D eigenvalue weighted by Crippen LogP contribution is 2.21. The molecule has 0 aromatic rings. The topological polar surface area (TPSA) is 32.8 Å². The Kier molecular flexibility index (Phi) is 4.40. The molecule has 2 rings (SSSR count). The summed E-state index contributed by atoms with van der Waals surface area (Å²) in [7, 11) is 0. The molecule has 4 heteroatoms. The van der Waals surface area contributed by atoms with Crippen molar-refractivity contribution in [1.29, 1.82) is 0 Å². The average molecular weight is 240 g/mol. The molecular formula is C13H24N2O2. The Morgan fingerprint density at radius 1 is 1.12 bits per heavy atom. The van der Waals surface area contributed by atoms with Crippen LogP contribution < -0.4 is 0 Å². The van der Waals surface area contributed by atoms with Gasteiger partial charge in [-0.1, -0.05) is 0 Å². The number of rotatable bonds is 2. The van der Waals surface area contributed by atoms with E-state index in [2.05, 4.69) is 18.7 Å². The van der Waals surface area contributed by atoms with Gasteiger partial charge in [0.15, 0.2) is 0 Å². The van der Waals surface area contributed by atoms with E-state index >= 15 is 0 Å². The van der Waals surface area contributed by atoms with Crippen LogP contribution in [0.5, 0.6) is 0 Å². The summed E-state index contributed by atoms with van der Waals surface area (Å²) in [5.74, 6) is 0.611. The van der Waals surface area contributed by atoms with Crippen LogP contribution in [0.1, 0.15) is 26.7 Å². The molecule has 17 heavy (non-hydrogen) atoms. The number of hydrogen-bond donors (Lipinski definition) is 0. The number of amides is 1. The maximum atomic E-state index is 12.3. The van der Waals surface area contributed by atoms with E-state index in [0.29, 0.717) is 25.2 Å². The van der Waals surface area contributed by atoms with E-state index in [9.17, 15) is 4.79 Å². The molecule has 0 aromatic heterocycles. The second kappa shape index (κ2) is 5.83. The van der Waals surface area contributed by atoms with Gasteiger partial charge in [-0.2, -0.15) is 0 Å². The lowest BCUT2D eigenvalue weighted by molar-refractivity contribution is -0.141. The highest BCUT2D eigenvalue weighted by molar-refractivity contribution is 5.79. The first-order valence-electron chi connectivity index (χ1n) is 6.79. The van der Waals surface area contributed by atoms with Crippen LogP contribution in [0.4, 0.5) is 0 Å². The van der Waals surface area contributed by atoms with Crippen LogP contribution in [0.2, 0.25) is 0 Å². The minimum Gasteiger partial charge on any atom is -0.378 e. The maximum Gasteiger partial charge on any atom is 0.225 e. The second-order valence-corrected chi connectivity index (χ2v) is 5.34. The predicted molar refractivity (Wildman–Crippen MR) is 66.8 cm³/mol. The fourth-order valence-corrected chi connectivity index (χ4v) is 2.70. The lowest BCUT2D eigenvalue weighted by atomic mass is 9.94. The predicted octanol–water partition coefficient (Wildman–Crippen LogP) is 0.966. The standard InChI is InChI=1S/C13H24N2O2/c1-11(2)14-5-3-12(4-6-14)13(16)15-7-9-17-10-8-15/h11-12H,3-10H2,1-2H3. The van der Waals surface area contributed by atoms with Gasteiger partial charge in [-0.15, -0.1) is 0 Å². The van der Waals surface area contributed by atoms with Gasteiger partial charge in [-0.3, -0.25) is 4.79 Å². The molecule has 2 aliphatic rings. The molecule has 0 aromatic carbocycles. The molecule has 2 saturated heterocycles. The van der Waals surface area contributed by atoms with Crippen LogP contribution in [0.25, 0.3) is 0 Å². The van der Waals surface area contributed by atoms with Gasteiger partial charge in [0.1, 0.15) is 0 Å². The normalized spacial score (nSPS) is 24.3. The zero-order valence-electron chi connectivity index (χ0n) is 11.0. The van der Waals surface area contributed by atoms with Crippen molar-refractivity contribution in [3.8, 4) is 0 Å². The zero-order chi connectivity index (χ0) is 12.3. The van der Waals surface area contributed by atoms with Gasteiger partial charge in [0.05, 0.1) is 13.2 Å². The molecule has 98 valence electrons. The maximum absolute atomic E-state index is 12.3. The molecule has 0 N–H and O–H groups in total. The lowest BCUT2D eigenvalue weighted by Crippen LogP contribution is -2.47. The Bertz CT molecular complexity index is 254. The molecule has 0 unspecified atom stereocenters.